The Morgan fingerprint density at radius 1 is 0.967 bits per heavy atom. The number of nitrogens with zero attached hydrogens (tertiary/aromatic N) is 1. The molecular formula is C23H20N2O5. The summed E-state index contributed by atoms with van der Waals surface area (Å²) in [5.41, 5.74) is 0.965. The Labute approximate surface area is 173 Å². The average molecular weight is 404 g/mol. The van der Waals surface area contributed by atoms with Crippen LogP contribution in [-0.2, 0) is 4.74 Å². The molecule has 3 aromatic carbocycles. The van der Waals surface area contributed by atoms with Crippen LogP contribution >= 0.6 is 0 Å². The number of benzene rings is 3. The van der Waals surface area contributed by atoms with E-state index in [4.69, 9.17) is 4.74 Å². The molecule has 0 aliphatic heterocycles. The number of nitro benzene ring substituents is 1. The number of Topliss-reactive ketones (excluding diaryl/α,β-unsaturated/α-hetero) is 1. The number of esters is 1. The molecule has 0 amide bonds. The van der Waals surface area contributed by atoms with E-state index < -0.39 is 17.0 Å². The third kappa shape index (κ3) is 4.70. The largest absolute Gasteiger partial charge is 0.445 e. The molecule has 1 N–H and O–H groups in total. The van der Waals surface area contributed by atoms with Crippen molar-refractivity contribution in [2.24, 2.45) is 0 Å². The molecule has 3 rings (SSSR count). The Bertz CT molecular complexity index is 1050. The van der Waals surface area contributed by atoms with Gasteiger partial charge in [0.2, 0.25) is 5.78 Å². The van der Waals surface area contributed by atoms with E-state index in [0.29, 0.717) is 23.4 Å². The van der Waals surface area contributed by atoms with Gasteiger partial charge in [-0.1, -0.05) is 60.7 Å². The summed E-state index contributed by atoms with van der Waals surface area (Å²) in [6, 6.07) is 21.2. The molecule has 30 heavy (non-hydrogen) atoms. The maximum Gasteiger partial charge on any atom is 0.339 e. The monoisotopic (exact) mass is 404 g/mol. The highest BCUT2D eigenvalue weighted by molar-refractivity contribution is 6.02. The summed E-state index contributed by atoms with van der Waals surface area (Å²) in [6.07, 6.45) is -1.17. The number of carbonyl (C=O) groups excluding carboxylic acids is 2. The molecule has 0 spiro atoms. The minimum Gasteiger partial charge on any atom is -0.445 e. The van der Waals surface area contributed by atoms with Crippen LogP contribution in [0.15, 0.2) is 78.9 Å². The third-order valence-corrected chi connectivity index (χ3v) is 4.42. The van der Waals surface area contributed by atoms with Gasteiger partial charge in [0.25, 0.3) is 5.69 Å². The lowest BCUT2D eigenvalue weighted by Gasteiger charge is -2.17. The Hall–Kier alpha value is -4.00. The second-order valence-electron chi connectivity index (χ2n) is 6.45. The topological polar surface area (TPSA) is 98.5 Å². The van der Waals surface area contributed by atoms with Crippen molar-refractivity contribution < 1.29 is 19.2 Å². The van der Waals surface area contributed by atoms with E-state index >= 15 is 0 Å². The van der Waals surface area contributed by atoms with Gasteiger partial charge in [0.05, 0.1) is 10.5 Å². The summed E-state index contributed by atoms with van der Waals surface area (Å²) in [6.45, 7) is 2.30. The maximum atomic E-state index is 13.0. The first-order valence-electron chi connectivity index (χ1n) is 9.38. The molecule has 3 aromatic rings. The normalized spacial score (nSPS) is 11.4. The van der Waals surface area contributed by atoms with E-state index in [1.807, 2.05) is 6.92 Å². The van der Waals surface area contributed by atoms with Crippen LogP contribution in [0, 0.1) is 10.1 Å². The second-order valence-corrected chi connectivity index (χ2v) is 6.45. The molecule has 0 radical (unpaired) electrons. The summed E-state index contributed by atoms with van der Waals surface area (Å²) >= 11 is 0. The molecule has 0 aromatic heterocycles. The van der Waals surface area contributed by atoms with Crippen LogP contribution in [0.4, 0.5) is 11.4 Å². The zero-order chi connectivity index (χ0) is 21.5. The highest BCUT2D eigenvalue weighted by atomic mass is 16.6. The van der Waals surface area contributed by atoms with Crippen LogP contribution in [0.3, 0.4) is 0 Å². The van der Waals surface area contributed by atoms with Crippen molar-refractivity contribution in [3.63, 3.8) is 0 Å². The van der Waals surface area contributed by atoms with Gasteiger partial charge in [-0.05, 0) is 19.1 Å². The number of nitrogens with one attached hydrogen (secondary N) is 1. The van der Waals surface area contributed by atoms with E-state index in [1.54, 1.807) is 60.7 Å². The molecule has 0 heterocycles. The predicted octanol–water partition coefficient (Wildman–Crippen LogP) is 4.81. The fourth-order valence-corrected chi connectivity index (χ4v) is 2.98. The van der Waals surface area contributed by atoms with Crippen molar-refractivity contribution in [1.29, 1.82) is 0 Å². The van der Waals surface area contributed by atoms with E-state index in [0.717, 1.165) is 6.07 Å². The molecule has 0 saturated carbocycles. The summed E-state index contributed by atoms with van der Waals surface area (Å²) in [5.74, 6) is -1.20. The van der Waals surface area contributed by atoms with Crippen molar-refractivity contribution in [1.82, 2.24) is 0 Å². The van der Waals surface area contributed by atoms with Gasteiger partial charge in [-0.3, -0.25) is 14.9 Å². The van der Waals surface area contributed by atoms with Crippen LogP contribution in [-0.4, -0.2) is 23.2 Å². The minimum atomic E-state index is -1.17. The van der Waals surface area contributed by atoms with Gasteiger partial charge in [0, 0.05) is 23.7 Å². The summed E-state index contributed by atoms with van der Waals surface area (Å²) < 4.78 is 5.54. The highest BCUT2D eigenvalue weighted by Gasteiger charge is 2.27. The first-order chi connectivity index (χ1) is 14.5. The number of hydrogen-bond donors (Lipinski definition) is 1. The minimum absolute atomic E-state index is 0.00912. The van der Waals surface area contributed by atoms with Crippen molar-refractivity contribution in [3.8, 4) is 0 Å². The Morgan fingerprint density at radius 2 is 1.60 bits per heavy atom. The Kier molecular flexibility index (Phi) is 6.54. The zero-order valence-electron chi connectivity index (χ0n) is 16.3. The maximum absolute atomic E-state index is 13.0. The van der Waals surface area contributed by atoms with Crippen LogP contribution in [0.2, 0.25) is 0 Å². The number of ether oxygens (including phenoxy) is 1. The van der Waals surface area contributed by atoms with Crippen molar-refractivity contribution in [2.75, 3.05) is 11.9 Å². The molecule has 0 fully saturated rings. The molecule has 0 aliphatic rings. The molecule has 0 saturated heterocycles. The number of ketones is 1. The number of hydrogen-bond acceptors (Lipinski definition) is 6. The molecule has 1 unspecified atom stereocenters. The predicted molar refractivity (Wildman–Crippen MR) is 113 cm³/mol. The smallest absolute Gasteiger partial charge is 0.339 e. The van der Waals surface area contributed by atoms with Gasteiger partial charge in [-0.15, -0.1) is 0 Å². The number of anilines is 1. The van der Waals surface area contributed by atoms with Crippen LogP contribution in [0.5, 0.6) is 0 Å². The van der Waals surface area contributed by atoms with Crippen molar-refractivity contribution in [2.45, 2.75) is 13.0 Å². The molecular weight excluding hydrogens is 384 g/mol. The molecule has 0 aliphatic carbocycles. The summed E-state index contributed by atoms with van der Waals surface area (Å²) in [4.78, 5) is 36.6. The van der Waals surface area contributed by atoms with Crippen LogP contribution < -0.4 is 5.32 Å². The van der Waals surface area contributed by atoms with E-state index in [1.165, 1.54) is 12.1 Å². The van der Waals surface area contributed by atoms with Gasteiger partial charge in [-0.2, -0.15) is 0 Å². The molecule has 7 nitrogen and oxygen atoms in total. The van der Waals surface area contributed by atoms with E-state index in [9.17, 15) is 19.7 Å². The highest BCUT2D eigenvalue weighted by Crippen LogP contribution is 2.28. The van der Waals surface area contributed by atoms with Gasteiger partial charge < -0.3 is 10.1 Å². The first-order valence-corrected chi connectivity index (χ1v) is 9.38. The van der Waals surface area contributed by atoms with Crippen LogP contribution in [0.25, 0.3) is 0 Å². The van der Waals surface area contributed by atoms with E-state index in [-0.39, 0.29) is 17.0 Å². The first kappa shape index (κ1) is 20.7. The fourth-order valence-electron chi connectivity index (χ4n) is 2.98. The lowest BCUT2D eigenvalue weighted by atomic mass is 9.99. The standard InChI is InChI=1S/C23H20N2O5/c1-2-24-19-14-13-18(15-20(19)25(28)29)23(27)30-22(17-11-7-4-8-12-17)21(26)16-9-5-3-6-10-16/h3-15,22,24H,2H2,1H3. The number of carbonyl (C=O) groups is 2. The van der Waals surface area contributed by atoms with Crippen LogP contribution in [0.1, 0.15) is 39.3 Å². The quantitative estimate of drug-likeness (QED) is 0.250. The second kappa shape index (κ2) is 9.47. The lowest BCUT2D eigenvalue weighted by molar-refractivity contribution is -0.384. The SMILES string of the molecule is CCNc1ccc(C(=O)OC(C(=O)c2ccccc2)c2ccccc2)cc1[N+](=O)[O-]. The third-order valence-electron chi connectivity index (χ3n) is 4.42. The van der Waals surface area contributed by atoms with E-state index in [2.05, 4.69) is 5.32 Å². The molecule has 152 valence electrons. The number of rotatable bonds is 8. The zero-order valence-corrected chi connectivity index (χ0v) is 16.3. The molecule has 7 heteroatoms. The van der Waals surface area contributed by atoms with Crippen molar-refractivity contribution in [3.05, 3.63) is 106 Å². The summed E-state index contributed by atoms with van der Waals surface area (Å²) in [7, 11) is 0. The van der Waals surface area contributed by atoms with Gasteiger partial charge >= 0.3 is 5.97 Å². The van der Waals surface area contributed by atoms with Gasteiger partial charge in [0.1, 0.15) is 5.69 Å². The van der Waals surface area contributed by atoms with Crippen molar-refractivity contribution >= 4 is 23.1 Å². The average Bonchev–Trinajstić information content (AvgIpc) is 2.78. The molecule has 0 bridgehead atoms. The lowest BCUT2D eigenvalue weighted by Crippen LogP contribution is -2.20. The fraction of sp³-hybridized carbons (Fsp3) is 0.130. The summed E-state index contributed by atoms with van der Waals surface area (Å²) in [5, 5.41) is 14.2. The Morgan fingerprint density at radius 3 is 2.20 bits per heavy atom. The van der Waals surface area contributed by atoms with Gasteiger partial charge in [0.15, 0.2) is 6.10 Å². The molecule has 1 atom stereocenters. The Balaban J connectivity index is 1.93. The van der Waals surface area contributed by atoms with Gasteiger partial charge in [-0.25, -0.2) is 4.79 Å². The number of nitro groups is 1.